The lowest BCUT2D eigenvalue weighted by Crippen LogP contribution is -2.42. The van der Waals surface area contributed by atoms with Crippen molar-refractivity contribution in [1.29, 1.82) is 0 Å². The molecule has 4 heterocycles. The van der Waals surface area contributed by atoms with Crippen molar-refractivity contribution in [3.05, 3.63) is 47.6 Å². The van der Waals surface area contributed by atoms with E-state index in [4.69, 9.17) is 4.42 Å². The number of oxazole rings is 1. The number of anilines is 1. The second-order valence-electron chi connectivity index (χ2n) is 9.04. The van der Waals surface area contributed by atoms with Crippen LogP contribution in [0.1, 0.15) is 55.6 Å². The largest absolute Gasteiger partial charge is 0.477 e. The molecule has 180 valence electrons. The lowest BCUT2D eigenvalue weighted by atomic mass is 9.88. The second kappa shape index (κ2) is 9.58. The molecule has 0 saturated heterocycles. The summed E-state index contributed by atoms with van der Waals surface area (Å²) in [5.41, 5.74) is 2.86. The highest BCUT2D eigenvalue weighted by Crippen LogP contribution is 2.39. The lowest BCUT2D eigenvalue weighted by molar-refractivity contribution is -0.123. The van der Waals surface area contributed by atoms with Gasteiger partial charge in [0, 0.05) is 34.8 Å². The first-order valence-corrected chi connectivity index (χ1v) is 12.6. The first-order valence-electron chi connectivity index (χ1n) is 11.8. The van der Waals surface area contributed by atoms with Gasteiger partial charge in [0.2, 0.25) is 11.8 Å². The van der Waals surface area contributed by atoms with Crippen molar-refractivity contribution in [3.63, 3.8) is 0 Å². The normalized spacial score (nSPS) is 14.5. The molecule has 1 aliphatic carbocycles. The minimum absolute atomic E-state index is 0.0181. The predicted molar refractivity (Wildman–Crippen MR) is 135 cm³/mol. The summed E-state index contributed by atoms with van der Waals surface area (Å²) in [5, 5.41) is 9.94. The van der Waals surface area contributed by atoms with Gasteiger partial charge < -0.3 is 14.4 Å². The fourth-order valence-corrected chi connectivity index (χ4v) is 5.58. The SMILES string of the molecule is CC(C)N(C(=O)C1CCCCC1)c1cc(-c2ccc(-c3nc4ncccc4o3)nc2)sc1C(=O)O. The molecule has 4 aromatic heterocycles. The minimum atomic E-state index is -1.04. The number of nitrogens with zero attached hydrogens (tertiary/aromatic N) is 4. The van der Waals surface area contributed by atoms with Crippen LogP contribution in [-0.2, 0) is 4.79 Å². The first kappa shape index (κ1) is 23.2. The number of amides is 1. The third kappa shape index (κ3) is 4.55. The zero-order valence-corrected chi connectivity index (χ0v) is 20.4. The van der Waals surface area contributed by atoms with Gasteiger partial charge in [-0.15, -0.1) is 11.3 Å². The smallest absolute Gasteiger partial charge is 0.348 e. The Balaban J connectivity index is 1.47. The fourth-order valence-electron chi connectivity index (χ4n) is 4.60. The molecule has 8 nitrogen and oxygen atoms in total. The van der Waals surface area contributed by atoms with E-state index in [0.717, 1.165) is 53.9 Å². The van der Waals surface area contributed by atoms with Crippen molar-refractivity contribution in [1.82, 2.24) is 15.0 Å². The van der Waals surface area contributed by atoms with Crippen LogP contribution >= 0.6 is 11.3 Å². The van der Waals surface area contributed by atoms with Crippen LogP contribution in [0.2, 0.25) is 0 Å². The molecule has 35 heavy (non-hydrogen) atoms. The molecule has 1 fully saturated rings. The number of fused-ring (bicyclic) bond motifs is 1. The highest BCUT2D eigenvalue weighted by atomic mass is 32.1. The number of carboxylic acids is 1. The van der Waals surface area contributed by atoms with Crippen molar-refractivity contribution >= 4 is 40.1 Å². The standard InChI is InChI=1S/C26H26N4O4S/c1-15(2)30(25(31)16-7-4-3-5-8-16)19-13-21(35-22(19)26(32)33)17-10-11-18(28-14-17)24-29-23-20(34-24)9-6-12-27-23/h6,9-16H,3-5,7-8H2,1-2H3,(H,32,33). The molecular weight excluding hydrogens is 464 g/mol. The number of hydrogen-bond acceptors (Lipinski definition) is 7. The maximum atomic E-state index is 13.4. The number of rotatable bonds is 6. The van der Waals surface area contributed by atoms with E-state index in [9.17, 15) is 14.7 Å². The van der Waals surface area contributed by atoms with Crippen molar-refractivity contribution in [2.75, 3.05) is 4.90 Å². The molecule has 5 rings (SSSR count). The zero-order valence-electron chi connectivity index (χ0n) is 19.6. The van der Waals surface area contributed by atoms with Crippen LogP contribution in [0.5, 0.6) is 0 Å². The molecule has 0 aromatic carbocycles. The first-order chi connectivity index (χ1) is 16.9. The summed E-state index contributed by atoms with van der Waals surface area (Å²) in [6.07, 6.45) is 8.27. The Morgan fingerprint density at radius 1 is 1.14 bits per heavy atom. The summed E-state index contributed by atoms with van der Waals surface area (Å²) in [7, 11) is 0. The van der Waals surface area contributed by atoms with Gasteiger partial charge in [-0.05, 0) is 57.0 Å². The van der Waals surface area contributed by atoms with Gasteiger partial charge in [-0.3, -0.25) is 9.78 Å². The number of carboxylic acid groups (broad SMARTS) is 1. The van der Waals surface area contributed by atoms with Gasteiger partial charge in [-0.1, -0.05) is 19.3 Å². The summed E-state index contributed by atoms with van der Waals surface area (Å²) >= 11 is 1.15. The average Bonchev–Trinajstić information content (AvgIpc) is 3.50. The number of aromatic nitrogens is 3. The van der Waals surface area contributed by atoms with E-state index in [0.29, 0.717) is 28.5 Å². The molecule has 0 spiro atoms. The van der Waals surface area contributed by atoms with Crippen LogP contribution in [0.4, 0.5) is 5.69 Å². The van der Waals surface area contributed by atoms with Gasteiger partial charge in [0.15, 0.2) is 11.2 Å². The molecule has 0 atom stereocenters. The Hall–Kier alpha value is -3.59. The molecule has 0 aliphatic heterocycles. The third-order valence-corrected chi connectivity index (χ3v) is 7.47. The quantitative estimate of drug-likeness (QED) is 0.351. The summed E-state index contributed by atoms with van der Waals surface area (Å²) in [5.74, 6) is -0.707. The molecule has 1 aliphatic rings. The fraction of sp³-hybridized carbons (Fsp3) is 0.346. The average molecular weight is 491 g/mol. The van der Waals surface area contributed by atoms with Crippen molar-refractivity contribution < 1.29 is 19.1 Å². The van der Waals surface area contributed by atoms with Crippen LogP contribution in [-0.4, -0.2) is 38.0 Å². The molecule has 0 bridgehead atoms. The van der Waals surface area contributed by atoms with Gasteiger partial charge >= 0.3 is 5.97 Å². The summed E-state index contributed by atoms with van der Waals surface area (Å²) in [4.78, 5) is 41.2. The number of aromatic carboxylic acids is 1. The van der Waals surface area contributed by atoms with Crippen LogP contribution in [0.25, 0.3) is 33.3 Å². The van der Waals surface area contributed by atoms with Crippen molar-refractivity contribution in [2.45, 2.75) is 52.0 Å². The molecule has 0 unspecified atom stereocenters. The summed E-state index contributed by atoms with van der Waals surface area (Å²) < 4.78 is 5.74. The van der Waals surface area contributed by atoms with Crippen LogP contribution in [0, 0.1) is 5.92 Å². The lowest BCUT2D eigenvalue weighted by Gasteiger charge is -2.32. The third-order valence-electron chi connectivity index (χ3n) is 6.31. The Labute approximate surface area is 206 Å². The van der Waals surface area contributed by atoms with E-state index in [1.807, 2.05) is 19.9 Å². The highest BCUT2D eigenvalue weighted by molar-refractivity contribution is 7.18. The maximum Gasteiger partial charge on any atom is 0.348 e. The van der Waals surface area contributed by atoms with Gasteiger partial charge in [0.25, 0.3) is 0 Å². The summed E-state index contributed by atoms with van der Waals surface area (Å²) in [6.45, 7) is 3.85. The minimum Gasteiger partial charge on any atom is -0.477 e. The highest BCUT2D eigenvalue weighted by Gasteiger charge is 2.32. The van der Waals surface area contributed by atoms with Crippen molar-refractivity contribution in [2.24, 2.45) is 5.92 Å². The van der Waals surface area contributed by atoms with Crippen LogP contribution in [0.3, 0.4) is 0 Å². The predicted octanol–water partition coefficient (Wildman–Crippen LogP) is 6.03. The second-order valence-corrected chi connectivity index (χ2v) is 10.1. The molecule has 4 aromatic rings. The maximum absolute atomic E-state index is 13.4. The Kier molecular flexibility index (Phi) is 6.34. The topological polar surface area (TPSA) is 109 Å². The van der Waals surface area contributed by atoms with Crippen molar-refractivity contribution in [3.8, 4) is 22.0 Å². The molecule has 1 amide bonds. The Bertz CT molecular complexity index is 1340. The molecular formula is C26H26N4O4S. The Morgan fingerprint density at radius 2 is 1.94 bits per heavy atom. The van der Waals surface area contributed by atoms with Gasteiger partial charge in [-0.25, -0.2) is 9.78 Å². The number of hydrogen-bond donors (Lipinski definition) is 1. The number of carbonyl (C=O) groups excluding carboxylic acids is 1. The van der Waals surface area contributed by atoms with Gasteiger partial charge in [0.1, 0.15) is 10.6 Å². The zero-order chi connectivity index (χ0) is 24.5. The molecule has 0 radical (unpaired) electrons. The van der Waals surface area contributed by atoms with Crippen LogP contribution < -0.4 is 4.90 Å². The monoisotopic (exact) mass is 490 g/mol. The van der Waals surface area contributed by atoms with E-state index >= 15 is 0 Å². The van der Waals surface area contributed by atoms with E-state index in [1.165, 1.54) is 0 Å². The molecule has 9 heteroatoms. The van der Waals surface area contributed by atoms with E-state index in [1.54, 1.807) is 41.6 Å². The number of pyridine rings is 2. The van der Waals surface area contributed by atoms with Gasteiger partial charge in [0.05, 0.1) is 5.69 Å². The van der Waals surface area contributed by atoms with Gasteiger partial charge in [-0.2, -0.15) is 4.98 Å². The van der Waals surface area contributed by atoms with E-state index in [-0.39, 0.29) is 22.7 Å². The molecule has 1 saturated carbocycles. The van der Waals surface area contributed by atoms with Crippen LogP contribution in [0.15, 0.2) is 47.1 Å². The van der Waals surface area contributed by atoms with E-state index in [2.05, 4.69) is 15.0 Å². The Morgan fingerprint density at radius 3 is 2.60 bits per heavy atom. The molecule has 1 N–H and O–H groups in total. The number of thiophene rings is 1. The van der Waals surface area contributed by atoms with E-state index < -0.39 is 5.97 Å². The summed E-state index contributed by atoms with van der Waals surface area (Å²) in [6, 6.07) is 8.86. The number of carbonyl (C=O) groups is 2.